The maximum atomic E-state index is 10.0. The Morgan fingerprint density at radius 2 is 1.68 bits per heavy atom. The van der Waals surface area contributed by atoms with Crippen molar-refractivity contribution in [3.63, 3.8) is 0 Å². The smallest absolute Gasteiger partial charge is 0.119 e. The molecule has 1 nitrogen and oxygen atoms in total. The third-order valence-corrected chi connectivity index (χ3v) is 3.82. The summed E-state index contributed by atoms with van der Waals surface area (Å²) in [7, 11) is 0. The number of aromatic hydroxyl groups is 1. The summed E-state index contributed by atoms with van der Waals surface area (Å²) in [6.07, 6.45) is 3.97. The molecular weight excluding hydrogens is 232 g/mol. The number of fused-ring (bicyclic) bond motifs is 1. The van der Waals surface area contributed by atoms with Gasteiger partial charge in [0.2, 0.25) is 0 Å². The lowest BCUT2D eigenvalue weighted by Gasteiger charge is -2.19. The molecule has 2 aromatic rings. The van der Waals surface area contributed by atoms with E-state index in [1.54, 1.807) is 0 Å². The summed E-state index contributed by atoms with van der Waals surface area (Å²) >= 11 is 0. The van der Waals surface area contributed by atoms with Gasteiger partial charge in [-0.05, 0) is 55.0 Å². The number of rotatable bonds is 1. The Kier molecular flexibility index (Phi) is 2.90. The van der Waals surface area contributed by atoms with Gasteiger partial charge in [-0.2, -0.15) is 0 Å². The summed E-state index contributed by atoms with van der Waals surface area (Å²) < 4.78 is 0. The lowest BCUT2D eigenvalue weighted by Crippen LogP contribution is -2.03. The first-order chi connectivity index (χ1) is 9.13. The molecule has 0 amide bonds. The van der Waals surface area contributed by atoms with Crippen LogP contribution in [0.25, 0.3) is 5.57 Å². The third kappa shape index (κ3) is 2.28. The van der Waals surface area contributed by atoms with Crippen LogP contribution in [0.15, 0.2) is 42.5 Å². The topological polar surface area (TPSA) is 20.2 Å². The van der Waals surface area contributed by atoms with Crippen LogP contribution >= 0.6 is 0 Å². The summed E-state index contributed by atoms with van der Waals surface area (Å²) in [5, 5.41) is 10.0. The van der Waals surface area contributed by atoms with Crippen LogP contribution < -0.4 is 0 Å². The first-order valence-electron chi connectivity index (χ1n) is 6.71. The van der Waals surface area contributed by atoms with Crippen molar-refractivity contribution < 1.29 is 5.11 Å². The molecule has 1 heteroatoms. The second-order valence-corrected chi connectivity index (χ2v) is 5.40. The third-order valence-electron chi connectivity index (χ3n) is 3.82. The second kappa shape index (κ2) is 4.58. The second-order valence-electron chi connectivity index (χ2n) is 5.40. The van der Waals surface area contributed by atoms with Crippen LogP contribution in [0, 0.1) is 13.8 Å². The van der Waals surface area contributed by atoms with Gasteiger partial charge in [-0.1, -0.05) is 42.0 Å². The van der Waals surface area contributed by atoms with Crippen LogP contribution in [-0.2, 0) is 12.8 Å². The molecule has 3 rings (SSSR count). The molecule has 0 spiro atoms. The van der Waals surface area contributed by atoms with Gasteiger partial charge in [0.25, 0.3) is 0 Å². The van der Waals surface area contributed by atoms with E-state index in [1.165, 1.54) is 22.3 Å². The Morgan fingerprint density at radius 1 is 0.947 bits per heavy atom. The average Bonchev–Trinajstić information content (AvgIpc) is 2.38. The molecule has 1 N–H and O–H groups in total. The van der Waals surface area contributed by atoms with Gasteiger partial charge in [0.05, 0.1) is 0 Å². The van der Waals surface area contributed by atoms with Crippen molar-refractivity contribution in [2.24, 2.45) is 0 Å². The fourth-order valence-corrected chi connectivity index (χ4v) is 2.75. The first-order valence-corrected chi connectivity index (χ1v) is 6.71. The SMILES string of the molecule is Cc1ccc(C2=CCc3c(O)cc(C)cc3C2)cc1. The van der Waals surface area contributed by atoms with Crippen molar-refractivity contribution >= 4 is 5.57 Å². The van der Waals surface area contributed by atoms with Gasteiger partial charge in [0.15, 0.2) is 0 Å². The van der Waals surface area contributed by atoms with Gasteiger partial charge >= 0.3 is 0 Å². The Labute approximate surface area is 114 Å². The molecule has 2 aromatic carbocycles. The monoisotopic (exact) mass is 250 g/mol. The van der Waals surface area contributed by atoms with Crippen LogP contribution in [-0.4, -0.2) is 5.11 Å². The summed E-state index contributed by atoms with van der Waals surface area (Å²) in [5.41, 5.74) is 7.40. The molecule has 0 fully saturated rings. The lowest BCUT2D eigenvalue weighted by molar-refractivity contribution is 0.468. The predicted octanol–water partition coefficient (Wildman–Crippen LogP) is 4.19. The summed E-state index contributed by atoms with van der Waals surface area (Å²) in [6.45, 7) is 4.14. The molecule has 0 saturated carbocycles. The predicted molar refractivity (Wildman–Crippen MR) is 79.4 cm³/mol. The van der Waals surface area contributed by atoms with E-state index in [4.69, 9.17) is 0 Å². The lowest BCUT2D eigenvalue weighted by atomic mass is 9.86. The van der Waals surface area contributed by atoms with Crippen molar-refractivity contribution in [2.75, 3.05) is 0 Å². The molecule has 1 aliphatic rings. The molecular formula is C18H18O. The first kappa shape index (κ1) is 12.0. The van der Waals surface area contributed by atoms with Crippen LogP contribution in [0.4, 0.5) is 0 Å². The zero-order valence-electron chi connectivity index (χ0n) is 11.4. The molecule has 19 heavy (non-hydrogen) atoms. The Morgan fingerprint density at radius 3 is 2.42 bits per heavy atom. The van der Waals surface area contributed by atoms with Crippen LogP contribution in [0.3, 0.4) is 0 Å². The molecule has 0 aliphatic heterocycles. The molecule has 0 unspecified atom stereocenters. The molecule has 0 heterocycles. The highest BCUT2D eigenvalue weighted by atomic mass is 16.3. The van der Waals surface area contributed by atoms with E-state index >= 15 is 0 Å². The van der Waals surface area contributed by atoms with E-state index in [9.17, 15) is 5.11 Å². The fourth-order valence-electron chi connectivity index (χ4n) is 2.75. The number of hydrogen-bond acceptors (Lipinski definition) is 1. The minimum Gasteiger partial charge on any atom is -0.508 e. The Bertz CT molecular complexity index is 648. The number of phenols is 1. The van der Waals surface area contributed by atoms with Gasteiger partial charge in [0.1, 0.15) is 5.75 Å². The molecule has 96 valence electrons. The number of phenolic OH excluding ortho intramolecular Hbond substituents is 1. The number of hydrogen-bond donors (Lipinski definition) is 1. The van der Waals surface area contributed by atoms with E-state index < -0.39 is 0 Å². The highest BCUT2D eigenvalue weighted by Gasteiger charge is 2.15. The minimum atomic E-state index is 0.439. The standard InChI is InChI=1S/C18H18O/c1-12-3-5-14(6-4-12)15-7-8-17-16(11-15)9-13(2)10-18(17)19/h3-7,9-10,19H,8,11H2,1-2H3. The van der Waals surface area contributed by atoms with E-state index in [0.717, 1.165) is 24.0 Å². The fraction of sp³-hybridized carbons (Fsp3) is 0.222. The molecule has 0 radical (unpaired) electrons. The minimum absolute atomic E-state index is 0.439. The summed E-state index contributed by atoms with van der Waals surface area (Å²) in [4.78, 5) is 0. The van der Waals surface area contributed by atoms with E-state index in [1.807, 2.05) is 13.0 Å². The van der Waals surface area contributed by atoms with E-state index in [2.05, 4.69) is 43.3 Å². The molecule has 0 saturated heterocycles. The largest absolute Gasteiger partial charge is 0.508 e. The van der Waals surface area contributed by atoms with E-state index in [-0.39, 0.29) is 0 Å². The number of benzene rings is 2. The average molecular weight is 250 g/mol. The van der Waals surface area contributed by atoms with Gasteiger partial charge in [0, 0.05) is 5.56 Å². The number of allylic oxidation sites excluding steroid dienone is 2. The Balaban J connectivity index is 1.97. The van der Waals surface area contributed by atoms with E-state index in [0.29, 0.717) is 5.75 Å². The van der Waals surface area contributed by atoms with Gasteiger partial charge in [-0.15, -0.1) is 0 Å². The zero-order valence-corrected chi connectivity index (χ0v) is 11.4. The van der Waals surface area contributed by atoms with Crippen molar-refractivity contribution in [3.8, 4) is 5.75 Å². The quantitative estimate of drug-likeness (QED) is 0.804. The summed E-state index contributed by atoms with van der Waals surface area (Å²) in [5.74, 6) is 0.439. The maximum Gasteiger partial charge on any atom is 0.119 e. The van der Waals surface area contributed by atoms with Gasteiger partial charge in [-0.25, -0.2) is 0 Å². The van der Waals surface area contributed by atoms with Crippen molar-refractivity contribution in [1.29, 1.82) is 0 Å². The highest BCUT2D eigenvalue weighted by Crippen LogP contribution is 2.33. The zero-order chi connectivity index (χ0) is 13.4. The highest BCUT2D eigenvalue weighted by molar-refractivity contribution is 5.71. The van der Waals surface area contributed by atoms with Gasteiger partial charge in [-0.3, -0.25) is 0 Å². The van der Waals surface area contributed by atoms with Gasteiger partial charge < -0.3 is 5.11 Å². The van der Waals surface area contributed by atoms with Crippen molar-refractivity contribution in [2.45, 2.75) is 26.7 Å². The van der Waals surface area contributed by atoms with Crippen LogP contribution in [0.5, 0.6) is 5.75 Å². The van der Waals surface area contributed by atoms with Crippen molar-refractivity contribution in [3.05, 3.63) is 70.3 Å². The Hall–Kier alpha value is -2.02. The summed E-state index contributed by atoms with van der Waals surface area (Å²) in [6, 6.07) is 12.7. The van der Waals surface area contributed by atoms with Crippen LogP contribution in [0.2, 0.25) is 0 Å². The van der Waals surface area contributed by atoms with Crippen molar-refractivity contribution in [1.82, 2.24) is 0 Å². The molecule has 0 bridgehead atoms. The van der Waals surface area contributed by atoms with Crippen LogP contribution in [0.1, 0.15) is 27.8 Å². The molecule has 1 aliphatic carbocycles. The maximum absolute atomic E-state index is 10.0. The number of aryl methyl sites for hydroxylation is 2. The normalized spacial score (nSPS) is 13.9. The molecule has 0 aromatic heterocycles. The molecule has 0 atom stereocenters.